The van der Waals surface area contributed by atoms with Crippen LogP contribution in [0.1, 0.15) is 16.7 Å². The molecular weight excluding hydrogens is 470 g/mol. The van der Waals surface area contributed by atoms with Gasteiger partial charge in [-0.05, 0) is 30.2 Å². The molecule has 0 radical (unpaired) electrons. The predicted molar refractivity (Wildman–Crippen MR) is 153 cm³/mol. The molecule has 6 aromatic rings. The van der Waals surface area contributed by atoms with Gasteiger partial charge in [-0.15, -0.1) is 0 Å². The molecule has 3 aromatic heterocycles. The second-order valence-electron chi connectivity index (χ2n) is 9.30. The maximum Gasteiger partial charge on any atom is 0.183 e. The van der Waals surface area contributed by atoms with Gasteiger partial charge in [0, 0.05) is 48.7 Å². The van der Waals surface area contributed by atoms with Crippen molar-refractivity contribution >= 4 is 34.1 Å². The fourth-order valence-electron chi connectivity index (χ4n) is 4.54. The van der Waals surface area contributed by atoms with E-state index in [1.54, 1.807) is 6.33 Å². The van der Waals surface area contributed by atoms with Crippen molar-refractivity contribution in [3.63, 3.8) is 0 Å². The van der Waals surface area contributed by atoms with Crippen LogP contribution in [0.2, 0.25) is 0 Å². The number of rotatable bonds is 6. The summed E-state index contributed by atoms with van der Waals surface area (Å²) in [4.78, 5) is 14.7. The molecule has 0 saturated carbocycles. The van der Waals surface area contributed by atoms with Crippen LogP contribution in [-0.2, 0) is 14.1 Å². The number of anilines is 2. The van der Waals surface area contributed by atoms with Gasteiger partial charge in [0.05, 0.1) is 23.8 Å². The van der Waals surface area contributed by atoms with Crippen molar-refractivity contribution in [1.29, 1.82) is 0 Å². The molecule has 1 N–H and O–H groups in total. The van der Waals surface area contributed by atoms with Gasteiger partial charge in [0.1, 0.15) is 11.3 Å². The molecule has 0 bridgehead atoms. The number of aryl methyl sites for hydroxylation is 3. The first-order valence-corrected chi connectivity index (χ1v) is 12.4. The van der Waals surface area contributed by atoms with Crippen LogP contribution in [0.25, 0.3) is 22.2 Å². The van der Waals surface area contributed by atoms with Crippen molar-refractivity contribution in [2.45, 2.75) is 6.92 Å². The Labute approximate surface area is 221 Å². The fourth-order valence-corrected chi connectivity index (χ4v) is 4.54. The van der Waals surface area contributed by atoms with Crippen molar-refractivity contribution in [1.82, 2.24) is 24.3 Å². The lowest BCUT2D eigenvalue weighted by atomic mass is 10.0. The molecule has 0 atom stereocenters. The van der Waals surface area contributed by atoms with E-state index in [1.807, 2.05) is 78.2 Å². The van der Waals surface area contributed by atoms with Crippen LogP contribution < -0.4 is 5.32 Å². The van der Waals surface area contributed by atoms with E-state index in [2.05, 4.69) is 64.8 Å². The number of hydrogen-bond acceptors (Lipinski definition) is 5. The molecule has 7 heteroatoms. The minimum absolute atomic E-state index is 0.568. The van der Waals surface area contributed by atoms with E-state index in [4.69, 9.17) is 9.98 Å². The van der Waals surface area contributed by atoms with E-state index in [0.717, 1.165) is 50.2 Å². The SMILES string of the molecule is Cc1cc(-c2cnn(C)c2)ccc1Nc1cc2c(ncn2C)c(N=C(c2ccccc2)c2ccccc2)n1. The summed E-state index contributed by atoms with van der Waals surface area (Å²) in [5.74, 6) is 1.27. The topological polar surface area (TPSA) is 72.9 Å². The molecule has 0 spiro atoms. The molecule has 0 unspecified atom stereocenters. The second kappa shape index (κ2) is 9.78. The van der Waals surface area contributed by atoms with E-state index >= 15 is 0 Å². The molecule has 0 aliphatic rings. The number of fused-ring (bicyclic) bond motifs is 1. The molecule has 0 aliphatic carbocycles. The van der Waals surface area contributed by atoms with E-state index in [1.165, 1.54) is 0 Å². The van der Waals surface area contributed by atoms with Crippen LogP contribution in [0, 0.1) is 6.92 Å². The summed E-state index contributed by atoms with van der Waals surface area (Å²) < 4.78 is 3.80. The van der Waals surface area contributed by atoms with Gasteiger partial charge >= 0.3 is 0 Å². The van der Waals surface area contributed by atoms with Gasteiger partial charge in [-0.25, -0.2) is 15.0 Å². The van der Waals surface area contributed by atoms with Gasteiger partial charge in [0.25, 0.3) is 0 Å². The highest BCUT2D eigenvalue weighted by Gasteiger charge is 2.14. The summed E-state index contributed by atoms with van der Waals surface area (Å²) in [5, 5.41) is 7.81. The predicted octanol–water partition coefficient (Wildman–Crippen LogP) is 6.59. The Morgan fingerprint density at radius 2 is 1.55 bits per heavy atom. The number of aromatic nitrogens is 5. The minimum atomic E-state index is 0.568. The fraction of sp³-hybridized carbons (Fsp3) is 0.0968. The number of benzene rings is 3. The zero-order valence-electron chi connectivity index (χ0n) is 21.5. The van der Waals surface area contributed by atoms with Crippen molar-refractivity contribution in [3.8, 4) is 11.1 Å². The van der Waals surface area contributed by atoms with E-state index in [-0.39, 0.29) is 0 Å². The Morgan fingerprint density at radius 1 is 0.842 bits per heavy atom. The lowest BCUT2D eigenvalue weighted by molar-refractivity contribution is 0.768. The Balaban J connectivity index is 1.44. The average Bonchev–Trinajstić information content (AvgIpc) is 3.55. The Morgan fingerprint density at radius 3 is 2.18 bits per heavy atom. The molecule has 3 aromatic carbocycles. The second-order valence-corrected chi connectivity index (χ2v) is 9.30. The smallest absolute Gasteiger partial charge is 0.183 e. The maximum atomic E-state index is 5.10. The Bertz CT molecular complexity index is 1720. The van der Waals surface area contributed by atoms with E-state index in [9.17, 15) is 0 Å². The Hall–Kier alpha value is -5.04. The summed E-state index contributed by atoms with van der Waals surface area (Å²) >= 11 is 0. The van der Waals surface area contributed by atoms with Crippen LogP contribution in [0.15, 0.2) is 109 Å². The van der Waals surface area contributed by atoms with Crippen LogP contribution in [0.4, 0.5) is 17.3 Å². The largest absolute Gasteiger partial charge is 0.340 e. The highest BCUT2D eigenvalue weighted by molar-refractivity contribution is 6.14. The summed E-state index contributed by atoms with van der Waals surface area (Å²) in [6.45, 7) is 2.09. The van der Waals surface area contributed by atoms with Gasteiger partial charge in [0.2, 0.25) is 0 Å². The van der Waals surface area contributed by atoms with Gasteiger partial charge in [-0.2, -0.15) is 5.10 Å². The number of aliphatic imine (C=N–C) groups is 1. The zero-order valence-corrected chi connectivity index (χ0v) is 21.5. The third-order valence-corrected chi connectivity index (χ3v) is 6.53. The third kappa shape index (κ3) is 4.57. The zero-order chi connectivity index (χ0) is 26.1. The molecule has 0 fully saturated rings. The summed E-state index contributed by atoms with van der Waals surface area (Å²) in [6.07, 6.45) is 5.69. The number of imidazole rings is 1. The van der Waals surface area contributed by atoms with Crippen molar-refractivity contribution in [2.75, 3.05) is 5.32 Å². The maximum absolute atomic E-state index is 5.10. The Kier molecular flexibility index (Phi) is 6.01. The van der Waals surface area contributed by atoms with Crippen LogP contribution in [0.5, 0.6) is 0 Å². The standard InChI is InChI=1S/C31H27N7/c1-21-16-24(25-18-33-38(3)19-25)14-15-26(21)34-28-17-27-30(32-20-37(27)2)31(35-28)36-29(22-10-6-4-7-11-22)23-12-8-5-9-13-23/h4-20H,1-3H3,(H,34,35). The minimum Gasteiger partial charge on any atom is -0.340 e. The van der Waals surface area contributed by atoms with Crippen LogP contribution in [0.3, 0.4) is 0 Å². The first-order valence-electron chi connectivity index (χ1n) is 12.4. The first kappa shape index (κ1) is 23.4. The monoisotopic (exact) mass is 497 g/mol. The van der Waals surface area contributed by atoms with Crippen LogP contribution in [-0.4, -0.2) is 30.0 Å². The number of hydrogen-bond donors (Lipinski definition) is 1. The summed E-state index contributed by atoms with van der Waals surface area (Å²) in [6, 6.07) is 28.7. The molecule has 7 nitrogen and oxygen atoms in total. The number of nitrogens with one attached hydrogen (secondary N) is 1. The molecule has 3 heterocycles. The lowest BCUT2D eigenvalue weighted by Gasteiger charge is -2.12. The van der Waals surface area contributed by atoms with Gasteiger partial charge < -0.3 is 9.88 Å². The number of pyridine rings is 1. The summed E-state index contributed by atoms with van der Waals surface area (Å²) in [5.41, 5.74) is 8.89. The van der Waals surface area contributed by atoms with Crippen LogP contribution >= 0.6 is 0 Å². The molecule has 0 aliphatic heterocycles. The molecular formula is C31H27N7. The molecule has 186 valence electrons. The average molecular weight is 498 g/mol. The molecule has 0 amide bonds. The number of nitrogens with zero attached hydrogens (tertiary/aromatic N) is 6. The summed E-state index contributed by atoms with van der Waals surface area (Å²) in [7, 11) is 3.91. The van der Waals surface area contributed by atoms with Gasteiger partial charge in [-0.1, -0.05) is 66.7 Å². The third-order valence-electron chi connectivity index (χ3n) is 6.53. The van der Waals surface area contributed by atoms with E-state index in [0.29, 0.717) is 11.6 Å². The molecule has 0 saturated heterocycles. The van der Waals surface area contributed by atoms with Crippen molar-refractivity contribution in [3.05, 3.63) is 120 Å². The van der Waals surface area contributed by atoms with Gasteiger partial charge in [-0.3, -0.25) is 4.68 Å². The molecule has 6 rings (SSSR count). The van der Waals surface area contributed by atoms with Crippen molar-refractivity contribution in [2.24, 2.45) is 19.1 Å². The quantitative estimate of drug-likeness (QED) is 0.264. The highest BCUT2D eigenvalue weighted by Crippen LogP contribution is 2.31. The normalized spacial score (nSPS) is 11.0. The van der Waals surface area contributed by atoms with Crippen molar-refractivity contribution < 1.29 is 0 Å². The van der Waals surface area contributed by atoms with Gasteiger partial charge in [0.15, 0.2) is 5.82 Å². The van der Waals surface area contributed by atoms with E-state index < -0.39 is 0 Å². The highest BCUT2D eigenvalue weighted by atomic mass is 15.2. The lowest BCUT2D eigenvalue weighted by Crippen LogP contribution is -2.03. The first-order chi connectivity index (χ1) is 18.5. The molecule has 38 heavy (non-hydrogen) atoms.